The van der Waals surface area contributed by atoms with Gasteiger partial charge in [-0.1, -0.05) is 103 Å². The first kappa shape index (κ1) is 42.6. The van der Waals surface area contributed by atoms with Crippen molar-refractivity contribution >= 4 is 21.8 Å². The van der Waals surface area contributed by atoms with E-state index in [4.69, 9.17) is 15.0 Å². The van der Waals surface area contributed by atoms with Gasteiger partial charge in [0.15, 0.2) is 17.5 Å². The molecule has 0 N–H and O–H groups in total. The summed E-state index contributed by atoms with van der Waals surface area (Å²) in [6.07, 6.45) is 5.27. The minimum Gasteiger partial charge on any atom is -0.309 e. The second-order valence-corrected chi connectivity index (χ2v) is 19.5. The van der Waals surface area contributed by atoms with E-state index >= 15 is 0 Å². The number of hydrogen-bond donors (Lipinski definition) is 0. The van der Waals surface area contributed by atoms with Crippen LogP contribution in [0.4, 0.5) is 0 Å². The molecule has 2 aromatic heterocycles. The van der Waals surface area contributed by atoms with Gasteiger partial charge in [-0.05, 0) is 161 Å². The lowest BCUT2D eigenvalue weighted by molar-refractivity contribution is 0.129. The van der Waals surface area contributed by atoms with Crippen LogP contribution in [0.5, 0.6) is 0 Å². The Morgan fingerprint density at radius 2 is 0.931 bits per heavy atom. The Morgan fingerprint density at radius 1 is 0.403 bits per heavy atom. The van der Waals surface area contributed by atoms with Gasteiger partial charge in [0.05, 0.1) is 57.6 Å². The predicted octanol–water partition coefficient (Wildman–Crippen LogP) is 14.8. The van der Waals surface area contributed by atoms with Gasteiger partial charge in [-0.3, -0.25) is 0 Å². The van der Waals surface area contributed by atoms with E-state index in [0.717, 1.165) is 110 Å². The normalized spacial score (nSPS) is 17.4. The summed E-state index contributed by atoms with van der Waals surface area (Å²) in [5.74, 6) is 2.74. The molecule has 338 valence electrons. The topological polar surface area (TPSA) is 139 Å². The van der Waals surface area contributed by atoms with E-state index in [-0.39, 0.29) is 11.8 Å². The molecule has 13 rings (SSSR count). The zero-order valence-electron chi connectivity index (χ0n) is 39.1. The van der Waals surface area contributed by atoms with E-state index in [1.54, 1.807) is 12.1 Å². The first-order chi connectivity index (χ1) is 35.5. The lowest BCUT2D eigenvalue weighted by Crippen LogP contribution is -2.37. The Labute approximate surface area is 417 Å². The highest BCUT2D eigenvalue weighted by Crippen LogP contribution is 2.64. The summed E-state index contributed by atoms with van der Waals surface area (Å²) >= 11 is 0. The maximum absolute atomic E-state index is 10.7. The summed E-state index contributed by atoms with van der Waals surface area (Å²) in [7, 11) is 0. The molecule has 2 saturated carbocycles. The van der Waals surface area contributed by atoms with Gasteiger partial charge in [0.25, 0.3) is 0 Å². The number of rotatable bonds is 7. The molecule has 0 radical (unpaired) electrons. The van der Waals surface area contributed by atoms with E-state index in [0.29, 0.717) is 51.6 Å². The van der Waals surface area contributed by atoms with Gasteiger partial charge in [0, 0.05) is 38.7 Å². The van der Waals surface area contributed by atoms with Crippen molar-refractivity contribution in [1.82, 2.24) is 19.5 Å². The number of nitriles is 4. The SMILES string of the molecule is N#Cc1cc(C#N)cc(-c2c(-c3ccc4c(c3)c3ccccc3n4-c3ccccc3)c(-c3nc(-c4ccccc4)nc(-c4ccccc4)n3)c(-c3cc(C#N)cc(C#N)c3)c3c2C2CC4CCC3C(C4)C2)c1. The maximum Gasteiger partial charge on any atom is 0.165 e. The van der Waals surface area contributed by atoms with E-state index in [1.165, 1.54) is 11.1 Å². The maximum atomic E-state index is 10.7. The van der Waals surface area contributed by atoms with E-state index in [1.807, 2.05) is 91.0 Å². The third-order valence-electron chi connectivity index (χ3n) is 15.5. The highest BCUT2D eigenvalue weighted by Gasteiger charge is 2.48. The molecule has 0 saturated heterocycles. The first-order valence-corrected chi connectivity index (χ1v) is 24.6. The molecule has 3 bridgehead atoms. The van der Waals surface area contributed by atoms with Crippen molar-refractivity contribution in [3.63, 3.8) is 0 Å². The van der Waals surface area contributed by atoms with Gasteiger partial charge in [-0.2, -0.15) is 21.0 Å². The average Bonchev–Trinajstić information content (AvgIpc) is 3.78. The molecule has 0 spiro atoms. The molecule has 0 amide bonds. The molecular weight excluding hydrogens is 881 g/mol. The fraction of sp³-hybridized carbons (Fsp3) is 0.141. The molecule has 8 nitrogen and oxygen atoms in total. The number of para-hydroxylation sites is 2. The minimum absolute atomic E-state index is 0.149. The minimum atomic E-state index is 0.149. The van der Waals surface area contributed by atoms with Gasteiger partial charge in [-0.15, -0.1) is 0 Å². The van der Waals surface area contributed by atoms with Crippen LogP contribution in [-0.4, -0.2) is 19.5 Å². The summed E-state index contributed by atoms with van der Waals surface area (Å²) in [6.45, 7) is 0. The van der Waals surface area contributed by atoms with Crippen LogP contribution < -0.4 is 0 Å². The van der Waals surface area contributed by atoms with Crippen molar-refractivity contribution in [3.8, 4) is 97.5 Å². The summed E-state index contributed by atoms with van der Waals surface area (Å²) in [6, 6.07) is 66.2. The second-order valence-electron chi connectivity index (χ2n) is 19.5. The predicted molar refractivity (Wildman–Crippen MR) is 281 cm³/mol. The summed E-state index contributed by atoms with van der Waals surface area (Å²) < 4.78 is 2.31. The van der Waals surface area contributed by atoms with Crippen molar-refractivity contribution in [3.05, 3.63) is 203 Å². The largest absolute Gasteiger partial charge is 0.309 e. The molecule has 8 heteroatoms. The fourth-order valence-corrected chi connectivity index (χ4v) is 12.7. The molecule has 72 heavy (non-hydrogen) atoms. The van der Waals surface area contributed by atoms with Crippen LogP contribution in [-0.2, 0) is 0 Å². The monoisotopic (exact) mass is 922 g/mol. The summed E-state index contributed by atoms with van der Waals surface area (Å²) in [5, 5.41) is 44.8. The lowest BCUT2D eigenvalue weighted by atomic mass is 9.53. The average molecular weight is 923 g/mol. The Bertz CT molecular complexity index is 3910. The number of fused-ring (bicyclic) bond motifs is 8. The van der Waals surface area contributed by atoms with Crippen LogP contribution in [0.2, 0.25) is 0 Å². The van der Waals surface area contributed by atoms with Crippen molar-refractivity contribution in [1.29, 1.82) is 21.0 Å². The molecule has 0 aliphatic heterocycles. The second kappa shape index (κ2) is 17.2. The molecule has 4 atom stereocenters. The summed E-state index contributed by atoms with van der Waals surface area (Å²) in [5.41, 5.74) is 14.6. The molecule has 3 aliphatic carbocycles. The third kappa shape index (κ3) is 6.96. The smallest absolute Gasteiger partial charge is 0.165 e. The number of benzene rings is 8. The molecule has 10 aromatic rings. The van der Waals surface area contributed by atoms with Crippen molar-refractivity contribution in [2.45, 2.75) is 43.9 Å². The van der Waals surface area contributed by atoms with E-state index in [2.05, 4.69) is 95.6 Å². The fourth-order valence-electron chi connectivity index (χ4n) is 12.7. The van der Waals surface area contributed by atoms with Gasteiger partial charge in [-0.25, -0.2) is 15.0 Å². The van der Waals surface area contributed by atoms with E-state index in [9.17, 15) is 21.0 Å². The van der Waals surface area contributed by atoms with Gasteiger partial charge >= 0.3 is 0 Å². The van der Waals surface area contributed by atoms with Crippen LogP contribution in [0.1, 0.15) is 77.3 Å². The van der Waals surface area contributed by atoms with Crippen LogP contribution in [0, 0.1) is 57.2 Å². The first-order valence-electron chi connectivity index (χ1n) is 24.6. The van der Waals surface area contributed by atoms with Crippen molar-refractivity contribution < 1.29 is 0 Å². The highest BCUT2D eigenvalue weighted by atomic mass is 15.0. The van der Waals surface area contributed by atoms with Gasteiger partial charge in [0.1, 0.15) is 0 Å². The van der Waals surface area contributed by atoms with Crippen LogP contribution in [0.25, 0.3) is 95.0 Å². The van der Waals surface area contributed by atoms with Crippen LogP contribution in [0.3, 0.4) is 0 Å². The lowest BCUT2D eigenvalue weighted by Gasteiger charge is -2.51. The molecule has 3 aliphatic rings. The summed E-state index contributed by atoms with van der Waals surface area (Å²) in [4.78, 5) is 16.3. The van der Waals surface area contributed by atoms with Crippen LogP contribution >= 0.6 is 0 Å². The zero-order valence-corrected chi connectivity index (χ0v) is 39.1. The zero-order chi connectivity index (χ0) is 48.5. The Kier molecular flexibility index (Phi) is 10.2. The third-order valence-corrected chi connectivity index (χ3v) is 15.5. The van der Waals surface area contributed by atoms with Crippen molar-refractivity contribution in [2.75, 3.05) is 0 Å². The Hall–Kier alpha value is -9.47. The Balaban J connectivity index is 1.27. The van der Waals surface area contributed by atoms with Crippen LogP contribution in [0.15, 0.2) is 170 Å². The molecular formula is C64H42N8. The van der Waals surface area contributed by atoms with Crippen molar-refractivity contribution in [2.24, 2.45) is 11.8 Å². The van der Waals surface area contributed by atoms with E-state index < -0.39 is 0 Å². The van der Waals surface area contributed by atoms with Gasteiger partial charge < -0.3 is 4.57 Å². The molecule has 2 fully saturated rings. The number of hydrogen-bond acceptors (Lipinski definition) is 7. The molecule has 2 heterocycles. The number of nitrogens with zero attached hydrogens (tertiary/aromatic N) is 8. The molecule has 4 unspecified atom stereocenters. The standard InChI is InChI=1S/C64H42N8/c65-34-39-24-40(35-66)29-47(28-39)57-56(45-21-23-55-53(33-45)52-18-10-11-19-54(52)72(55)50-16-8-3-9-17-50)61(64-70-62(43-12-4-1-5-13-43)69-63(71-64)44-14-6-2-7-15-44)59(48-30-41(36-67)25-42(31-48)37-68)60-51-22-20-38-26-46(51)32-49(27-38)58(57)60/h1-19,21,23-25,28-31,33,38,46,49,51H,20,22,26-27,32H2. The Morgan fingerprint density at radius 3 is 1.53 bits per heavy atom. The quantitative estimate of drug-likeness (QED) is 0.155. The highest BCUT2D eigenvalue weighted by molar-refractivity contribution is 6.12. The molecule has 8 aromatic carbocycles. The number of aromatic nitrogens is 4. The van der Waals surface area contributed by atoms with Gasteiger partial charge in [0.2, 0.25) is 0 Å².